The predicted octanol–water partition coefficient (Wildman–Crippen LogP) is 0.130. The number of likely N-dealkylation sites (N-methyl/N-ethyl adjacent to an activating group) is 1. The molecule has 2 atom stereocenters. The van der Waals surface area contributed by atoms with E-state index in [0.717, 1.165) is 10.5 Å². The summed E-state index contributed by atoms with van der Waals surface area (Å²) in [6, 6.07) is 4.80. The van der Waals surface area contributed by atoms with Crippen molar-refractivity contribution >= 4 is 23.8 Å². The molecule has 160 valence electrons. The lowest BCUT2D eigenvalue weighted by atomic mass is 9.98. The molecular formula is C20H24N4O6. The molecule has 0 radical (unpaired) electrons. The molecule has 0 aliphatic carbocycles. The Morgan fingerprint density at radius 1 is 1.27 bits per heavy atom. The Bertz CT molecular complexity index is 887. The molecule has 0 saturated carbocycles. The van der Waals surface area contributed by atoms with Crippen molar-refractivity contribution in [3.8, 4) is 11.5 Å². The van der Waals surface area contributed by atoms with E-state index in [1.54, 1.807) is 22.9 Å². The first-order chi connectivity index (χ1) is 14.3. The van der Waals surface area contributed by atoms with Gasteiger partial charge in [-0.2, -0.15) is 0 Å². The van der Waals surface area contributed by atoms with Crippen molar-refractivity contribution < 1.29 is 28.7 Å². The summed E-state index contributed by atoms with van der Waals surface area (Å²) >= 11 is 0. The maximum Gasteiger partial charge on any atom is 0.325 e. The number of ether oxygens (including phenoxy) is 2. The molecule has 2 fully saturated rings. The number of imide groups is 1. The van der Waals surface area contributed by atoms with Crippen LogP contribution in [-0.2, 0) is 14.4 Å². The van der Waals surface area contributed by atoms with Crippen LogP contribution in [0.25, 0.3) is 0 Å². The maximum atomic E-state index is 13.0. The van der Waals surface area contributed by atoms with Gasteiger partial charge in [0.05, 0.1) is 18.5 Å². The first-order valence-electron chi connectivity index (χ1n) is 9.87. The van der Waals surface area contributed by atoms with E-state index >= 15 is 0 Å². The van der Waals surface area contributed by atoms with Gasteiger partial charge in [0.2, 0.25) is 18.6 Å². The van der Waals surface area contributed by atoms with E-state index < -0.39 is 11.9 Å². The van der Waals surface area contributed by atoms with Gasteiger partial charge in [0.1, 0.15) is 6.54 Å². The molecule has 0 spiro atoms. The lowest BCUT2D eigenvalue weighted by Gasteiger charge is -2.28. The van der Waals surface area contributed by atoms with Gasteiger partial charge >= 0.3 is 6.03 Å². The third-order valence-electron chi connectivity index (χ3n) is 5.91. The van der Waals surface area contributed by atoms with Gasteiger partial charge in [-0.25, -0.2) is 4.79 Å². The second-order valence-corrected chi connectivity index (χ2v) is 7.70. The van der Waals surface area contributed by atoms with E-state index in [1.165, 1.54) is 0 Å². The highest BCUT2D eigenvalue weighted by atomic mass is 16.7. The summed E-state index contributed by atoms with van der Waals surface area (Å²) in [5.41, 5.74) is 0.834. The standard InChI is InChI=1S/C20H24N4O6/c1-12(13-3-4-15-16(7-13)30-11-29-15)19(27)22(2)14-5-6-23(9-14)18(26)10-24-17(25)8-21-20(24)28/h3-4,7,12,14H,5-6,8-11H2,1-2H3,(H,21,28). The summed E-state index contributed by atoms with van der Waals surface area (Å²) in [6.45, 7) is 2.51. The van der Waals surface area contributed by atoms with Crippen molar-refractivity contribution in [3.05, 3.63) is 23.8 Å². The van der Waals surface area contributed by atoms with Crippen molar-refractivity contribution in [2.45, 2.75) is 25.3 Å². The van der Waals surface area contributed by atoms with Crippen LogP contribution in [0.3, 0.4) is 0 Å². The highest BCUT2D eigenvalue weighted by Gasteiger charge is 2.36. The summed E-state index contributed by atoms with van der Waals surface area (Å²) < 4.78 is 10.7. The number of nitrogens with one attached hydrogen (secondary N) is 1. The molecule has 10 nitrogen and oxygen atoms in total. The number of carbonyl (C=O) groups is 4. The van der Waals surface area contributed by atoms with Crippen LogP contribution in [0.5, 0.6) is 11.5 Å². The second kappa shape index (κ2) is 7.85. The Morgan fingerprint density at radius 3 is 2.77 bits per heavy atom. The van der Waals surface area contributed by atoms with E-state index in [9.17, 15) is 19.2 Å². The summed E-state index contributed by atoms with van der Waals surface area (Å²) in [5, 5.41) is 2.40. The third-order valence-corrected chi connectivity index (χ3v) is 5.91. The minimum absolute atomic E-state index is 0.0535. The normalized spacial score (nSPS) is 21.1. The molecule has 3 heterocycles. The Morgan fingerprint density at radius 2 is 2.03 bits per heavy atom. The van der Waals surface area contributed by atoms with Gasteiger partial charge in [0.15, 0.2) is 11.5 Å². The number of nitrogens with zero attached hydrogens (tertiary/aromatic N) is 3. The lowest BCUT2D eigenvalue weighted by molar-refractivity contribution is -0.136. The fourth-order valence-electron chi connectivity index (χ4n) is 3.95. The van der Waals surface area contributed by atoms with Crippen LogP contribution >= 0.6 is 0 Å². The minimum Gasteiger partial charge on any atom is -0.454 e. The Hall–Kier alpha value is -3.30. The van der Waals surface area contributed by atoms with Gasteiger partial charge in [-0.3, -0.25) is 19.3 Å². The molecular weight excluding hydrogens is 392 g/mol. The molecule has 1 aromatic rings. The molecule has 4 rings (SSSR count). The molecule has 2 unspecified atom stereocenters. The van der Waals surface area contributed by atoms with Crippen LogP contribution in [0.2, 0.25) is 0 Å². The Balaban J connectivity index is 1.35. The van der Waals surface area contributed by atoms with E-state index in [2.05, 4.69) is 5.32 Å². The molecule has 3 aliphatic heterocycles. The van der Waals surface area contributed by atoms with Crippen molar-refractivity contribution in [3.63, 3.8) is 0 Å². The number of carbonyl (C=O) groups excluding carboxylic acids is 4. The SMILES string of the molecule is CC(C(=O)N(C)C1CCN(C(=O)CN2C(=O)CNC2=O)C1)c1ccc2c(c1)OCO2. The van der Waals surface area contributed by atoms with Crippen molar-refractivity contribution in [2.75, 3.05) is 40.0 Å². The van der Waals surface area contributed by atoms with Crippen LogP contribution < -0.4 is 14.8 Å². The maximum absolute atomic E-state index is 13.0. The van der Waals surface area contributed by atoms with Crippen molar-refractivity contribution in [2.24, 2.45) is 0 Å². The number of urea groups is 1. The molecule has 2 saturated heterocycles. The van der Waals surface area contributed by atoms with Crippen molar-refractivity contribution in [1.29, 1.82) is 0 Å². The first-order valence-corrected chi connectivity index (χ1v) is 9.87. The highest BCUT2D eigenvalue weighted by Crippen LogP contribution is 2.35. The van der Waals surface area contributed by atoms with E-state index in [1.807, 2.05) is 19.1 Å². The zero-order chi connectivity index (χ0) is 21.4. The van der Waals surface area contributed by atoms with Gasteiger partial charge in [-0.15, -0.1) is 0 Å². The van der Waals surface area contributed by atoms with Gasteiger partial charge < -0.3 is 24.6 Å². The lowest BCUT2D eigenvalue weighted by Crippen LogP contribution is -2.45. The van der Waals surface area contributed by atoms with Gasteiger partial charge in [0, 0.05) is 20.1 Å². The number of fused-ring (bicyclic) bond motifs is 1. The van der Waals surface area contributed by atoms with E-state index in [0.29, 0.717) is 31.0 Å². The number of benzene rings is 1. The fraction of sp³-hybridized carbons (Fsp3) is 0.500. The molecule has 5 amide bonds. The zero-order valence-electron chi connectivity index (χ0n) is 16.9. The Labute approximate surface area is 173 Å². The van der Waals surface area contributed by atoms with Crippen LogP contribution in [-0.4, -0.2) is 84.5 Å². The van der Waals surface area contributed by atoms with E-state index in [4.69, 9.17) is 9.47 Å². The molecule has 3 aliphatic rings. The monoisotopic (exact) mass is 416 g/mol. The molecule has 0 bridgehead atoms. The number of hydrogen-bond acceptors (Lipinski definition) is 6. The largest absolute Gasteiger partial charge is 0.454 e. The summed E-state index contributed by atoms with van der Waals surface area (Å²) in [6.07, 6.45) is 0.641. The van der Waals surface area contributed by atoms with Gasteiger partial charge in [-0.1, -0.05) is 6.07 Å². The summed E-state index contributed by atoms with van der Waals surface area (Å²) in [7, 11) is 1.74. The number of rotatable bonds is 5. The second-order valence-electron chi connectivity index (χ2n) is 7.70. The number of likely N-dealkylation sites (tertiary alicyclic amines) is 1. The van der Waals surface area contributed by atoms with Crippen LogP contribution in [0, 0.1) is 0 Å². The first kappa shape index (κ1) is 20.0. The highest BCUT2D eigenvalue weighted by molar-refractivity contribution is 6.04. The smallest absolute Gasteiger partial charge is 0.325 e. The topological polar surface area (TPSA) is 108 Å². The predicted molar refractivity (Wildman–Crippen MR) is 104 cm³/mol. The number of amides is 5. The van der Waals surface area contributed by atoms with Crippen LogP contribution in [0.1, 0.15) is 24.8 Å². The summed E-state index contributed by atoms with van der Waals surface area (Å²) in [4.78, 5) is 53.0. The third kappa shape index (κ3) is 3.64. The molecule has 30 heavy (non-hydrogen) atoms. The van der Waals surface area contributed by atoms with Crippen LogP contribution in [0.15, 0.2) is 18.2 Å². The van der Waals surface area contributed by atoms with Gasteiger partial charge in [0.25, 0.3) is 5.91 Å². The van der Waals surface area contributed by atoms with Gasteiger partial charge in [-0.05, 0) is 31.0 Å². The zero-order valence-corrected chi connectivity index (χ0v) is 16.9. The van der Waals surface area contributed by atoms with Crippen molar-refractivity contribution in [1.82, 2.24) is 20.0 Å². The number of hydrogen-bond donors (Lipinski definition) is 1. The summed E-state index contributed by atoms with van der Waals surface area (Å²) in [5.74, 6) is 0.166. The molecule has 0 aromatic heterocycles. The quantitative estimate of drug-likeness (QED) is 0.684. The average Bonchev–Trinajstić information content (AvgIpc) is 3.48. The average molecular weight is 416 g/mol. The molecule has 1 aromatic carbocycles. The molecule has 1 N–H and O–H groups in total. The molecule has 10 heteroatoms. The fourth-order valence-corrected chi connectivity index (χ4v) is 3.95. The van der Waals surface area contributed by atoms with Crippen LogP contribution in [0.4, 0.5) is 4.79 Å². The minimum atomic E-state index is -0.547. The Kier molecular flexibility index (Phi) is 5.23. The van der Waals surface area contributed by atoms with E-state index in [-0.39, 0.29) is 43.7 Å².